The van der Waals surface area contributed by atoms with Crippen LogP contribution in [0.15, 0.2) is 48.5 Å². The Bertz CT molecular complexity index is 942. The van der Waals surface area contributed by atoms with E-state index >= 15 is 0 Å². The average molecular weight is 397 g/mol. The fraction of sp³-hybridized carbons (Fsp3) is 0.158. The Morgan fingerprint density at radius 2 is 1.83 bits per heavy atom. The second-order valence-corrected chi connectivity index (χ2v) is 6.29. The van der Waals surface area contributed by atoms with Gasteiger partial charge in [0.15, 0.2) is 0 Å². The van der Waals surface area contributed by atoms with Crippen LogP contribution >= 0.6 is 0 Å². The molecule has 0 aliphatic carbocycles. The molecule has 150 valence electrons. The molecular weight excluding hydrogens is 378 g/mol. The Hall–Kier alpha value is -4.08. The molecule has 6 N–H and O–H groups in total. The first kappa shape index (κ1) is 19.7. The zero-order valence-corrected chi connectivity index (χ0v) is 15.2. The number of cyclic esters (lactones) is 1. The Kier molecular flexibility index (Phi) is 5.63. The van der Waals surface area contributed by atoms with Crippen LogP contribution in [0.4, 0.5) is 21.0 Å². The molecule has 0 aromatic heterocycles. The Morgan fingerprint density at radius 3 is 2.38 bits per heavy atom. The number of amidine groups is 1. The number of amides is 3. The van der Waals surface area contributed by atoms with E-state index in [0.717, 1.165) is 5.56 Å². The number of rotatable bonds is 6. The maximum absolute atomic E-state index is 12.0. The summed E-state index contributed by atoms with van der Waals surface area (Å²) in [5, 5.41) is 21.7. The number of hydrogen-bond acceptors (Lipinski definition) is 5. The lowest BCUT2D eigenvalue weighted by Crippen LogP contribution is -2.28. The molecule has 2 aromatic carbocycles. The molecule has 29 heavy (non-hydrogen) atoms. The van der Waals surface area contributed by atoms with Crippen LogP contribution in [0.2, 0.25) is 0 Å². The number of nitrogens with zero attached hydrogens (tertiary/aromatic N) is 1. The summed E-state index contributed by atoms with van der Waals surface area (Å²) in [6.07, 6.45) is -1.89. The van der Waals surface area contributed by atoms with Gasteiger partial charge < -0.3 is 26.2 Å². The van der Waals surface area contributed by atoms with Crippen LogP contribution in [0.25, 0.3) is 0 Å². The van der Waals surface area contributed by atoms with Crippen molar-refractivity contribution in [3.63, 3.8) is 0 Å². The molecule has 10 nitrogen and oxygen atoms in total. The lowest BCUT2D eigenvalue weighted by Gasteiger charge is -2.13. The fourth-order valence-electron chi connectivity index (χ4n) is 2.69. The number of anilines is 2. The van der Waals surface area contributed by atoms with E-state index in [0.29, 0.717) is 16.9 Å². The SMILES string of the molecule is N=C(N)c1ccc(NC(=O)NCc2ccc(N3CC(C(=O)O)OC3=O)cc2)cc1. The molecule has 1 aliphatic heterocycles. The summed E-state index contributed by atoms with van der Waals surface area (Å²) in [5.74, 6) is -1.24. The van der Waals surface area contributed by atoms with Gasteiger partial charge >= 0.3 is 18.1 Å². The van der Waals surface area contributed by atoms with Crippen molar-refractivity contribution < 1.29 is 24.2 Å². The molecule has 1 atom stereocenters. The predicted molar refractivity (Wildman–Crippen MR) is 105 cm³/mol. The van der Waals surface area contributed by atoms with Crippen molar-refractivity contribution in [3.8, 4) is 0 Å². The van der Waals surface area contributed by atoms with E-state index in [9.17, 15) is 14.4 Å². The number of nitrogens with one attached hydrogen (secondary N) is 3. The minimum absolute atomic E-state index is 0.0508. The molecule has 0 saturated carbocycles. The van der Waals surface area contributed by atoms with E-state index in [-0.39, 0.29) is 18.9 Å². The highest BCUT2D eigenvalue weighted by atomic mass is 16.6. The largest absolute Gasteiger partial charge is 0.478 e. The van der Waals surface area contributed by atoms with Crippen molar-refractivity contribution >= 4 is 35.3 Å². The molecule has 2 aromatic rings. The minimum atomic E-state index is -1.19. The topological polar surface area (TPSA) is 158 Å². The molecule has 0 radical (unpaired) electrons. The van der Waals surface area contributed by atoms with Gasteiger partial charge in [-0.1, -0.05) is 12.1 Å². The normalized spacial score (nSPS) is 15.5. The van der Waals surface area contributed by atoms with Crippen molar-refractivity contribution in [2.75, 3.05) is 16.8 Å². The first-order valence-electron chi connectivity index (χ1n) is 8.62. The van der Waals surface area contributed by atoms with Gasteiger partial charge in [-0.3, -0.25) is 10.3 Å². The van der Waals surface area contributed by atoms with Crippen LogP contribution in [0.5, 0.6) is 0 Å². The number of nitrogens with two attached hydrogens (primary N) is 1. The van der Waals surface area contributed by atoms with Crippen molar-refractivity contribution in [1.82, 2.24) is 5.32 Å². The highest BCUT2D eigenvalue weighted by molar-refractivity contribution is 5.96. The number of carbonyl (C=O) groups is 3. The number of ether oxygens (including phenoxy) is 1. The number of aliphatic carboxylic acids is 1. The highest BCUT2D eigenvalue weighted by Gasteiger charge is 2.36. The second kappa shape index (κ2) is 8.30. The Balaban J connectivity index is 1.52. The van der Waals surface area contributed by atoms with Gasteiger partial charge in [-0.25, -0.2) is 14.4 Å². The van der Waals surface area contributed by atoms with Crippen LogP contribution in [-0.2, 0) is 16.1 Å². The standard InChI is InChI=1S/C19H19N5O5/c20-16(21)12-3-5-13(6-4-12)23-18(27)22-9-11-1-7-14(8-2-11)24-10-15(17(25)26)29-19(24)28/h1-8,15H,9-10H2,(H3,20,21)(H,25,26)(H2,22,23,27). The van der Waals surface area contributed by atoms with Crippen LogP contribution in [0, 0.1) is 5.41 Å². The molecule has 10 heteroatoms. The van der Waals surface area contributed by atoms with Gasteiger partial charge in [0.1, 0.15) is 5.84 Å². The molecule has 3 rings (SSSR count). The highest BCUT2D eigenvalue weighted by Crippen LogP contribution is 2.22. The van der Waals surface area contributed by atoms with Gasteiger partial charge in [-0.05, 0) is 42.0 Å². The van der Waals surface area contributed by atoms with Crippen molar-refractivity contribution in [2.45, 2.75) is 12.6 Å². The molecule has 3 amide bonds. The molecule has 1 heterocycles. The summed E-state index contributed by atoms with van der Waals surface area (Å²) in [7, 11) is 0. The molecule has 1 unspecified atom stereocenters. The van der Waals surface area contributed by atoms with E-state index in [1.54, 1.807) is 48.5 Å². The summed E-state index contributed by atoms with van der Waals surface area (Å²) in [6.45, 7) is 0.191. The van der Waals surface area contributed by atoms with Gasteiger partial charge in [0.2, 0.25) is 6.10 Å². The summed E-state index contributed by atoms with van der Waals surface area (Å²) < 4.78 is 4.78. The molecule has 0 spiro atoms. The van der Waals surface area contributed by atoms with E-state index in [4.69, 9.17) is 21.0 Å². The average Bonchev–Trinajstić information content (AvgIpc) is 3.09. The first-order chi connectivity index (χ1) is 13.8. The number of carboxylic acid groups (broad SMARTS) is 1. The van der Waals surface area contributed by atoms with Crippen LogP contribution < -0.4 is 21.3 Å². The van der Waals surface area contributed by atoms with Gasteiger partial charge in [0.25, 0.3) is 0 Å². The second-order valence-electron chi connectivity index (χ2n) is 6.29. The van der Waals surface area contributed by atoms with Gasteiger partial charge in [0, 0.05) is 23.5 Å². The maximum atomic E-state index is 12.0. The number of benzene rings is 2. The number of nitrogen functional groups attached to an aromatic ring is 1. The van der Waals surface area contributed by atoms with Crippen LogP contribution in [0.1, 0.15) is 11.1 Å². The summed E-state index contributed by atoms with van der Waals surface area (Å²) in [5.41, 5.74) is 7.81. The minimum Gasteiger partial charge on any atom is -0.478 e. The molecular formula is C19H19N5O5. The quantitative estimate of drug-likeness (QED) is 0.369. The third-order valence-electron chi connectivity index (χ3n) is 4.24. The zero-order chi connectivity index (χ0) is 21.0. The van der Waals surface area contributed by atoms with E-state index in [1.807, 2.05) is 0 Å². The number of carbonyl (C=O) groups excluding carboxylic acids is 2. The van der Waals surface area contributed by atoms with Gasteiger partial charge in [-0.2, -0.15) is 0 Å². The van der Waals surface area contributed by atoms with Crippen molar-refractivity contribution in [2.24, 2.45) is 5.73 Å². The molecule has 0 bridgehead atoms. The zero-order valence-electron chi connectivity index (χ0n) is 15.2. The third kappa shape index (κ3) is 4.80. The Labute approximate surface area is 165 Å². The summed E-state index contributed by atoms with van der Waals surface area (Å²) >= 11 is 0. The number of carboxylic acids is 1. The van der Waals surface area contributed by atoms with Crippen molar-refractivity contribution in [3.05, 3.63) is 59.7 Å². The van der Waals surface area contributed by atoms with E-state index in [2.05, 4.69) is 10.6 Å². The number of urea groups is 1. The smallest absolute Gasteiger partial charge is 0.415 e. The molecule has 1 saturated heterocycles. The van der Waals surface area contributed by atoms with Crippen LogP contribution in [0.3, 0.4) is 0 Å². The van der Waals surface area contributed by atoms with E-state index in [1.165, 1.54) is 4.90 Å². The lowest BCUT2D eigenvalue weighted by atomic mass is 10.2. The maximum Gasteiger partial charge on any atom is 0.415 e. The summed E-state index contributed by atoms with van der Waals surface area (Å²) in [6, 6.07) is 12.9. The first-order valence-corrected chi connectivity index (χ1v) is 8.62. The monoisotopic (exact) mass is 397 g/mol. The summed E-state index contributed by atoms with van der Waals surface area (Å²) in [4.78, 5) is 36.0. The lowest BCUT2D eigenvalue weighted by molar-refractivity contribution is -0.144. The van der Waals surface area contributed by atoms with E-state index < -0.39 is 24.2 Å². The Morgan fingerprint density at radius 1 is 1.17 bits per heavy atom. The fourth-order valence-corrected chi connectivity index (χ4v) is 2.69. The van der Waals surface area contributed by atoms with Gasteiger partial charge in [0.05, 0.1) is 6.54 Å². The van der Waals surface area contributed by atoms with Crippen molar-refractivity contribution in [1.29, 1.82) is 5.41 Å². The number of hydrogen-bond donors (Lipinski definition) is 5. The van der Waals surface area contributed by atoms with Crippen LogP contribution in [-0.4, -0.2) is 41.7 Å². The third-order valence-corrected chi connectivity index (χ3v) is 4.24. The van der Waals surface area contributed by atoms with Gasteiger partial charge in [-0.15, -0.1) is 0 Å². The molecule has 1 aliphatic rings. The molecule has 1 fully saturated rings. The predicted octanol–water partition coefficient (Wildman–Crippen LogP) is 1.70.